The van der Waals surface area contributed by atoms with Crippen molar-refractivity contribution >= 4 is 40.9 Å². The molecule has 4 amide bonds. The van der Waals surface area contributed by atoms with Gasteiger partial charge in [-0.15, -0.1) is 11.3 Å². The Kier molecular flexibility index (Phi) is 12.2. The number of ketones is 1. The molecule has 1 aromatic carbocycles. The van der Waals surface area contributed by atoms with Crippen molar-refractivity contribution in [1.29, 1.82) is 0 Å². The number of hydrogen-bond acceptors (Lipinski definition) is 8. The molecule has 0 radical (unpaired) electrons. The van der Waals surface area contributed by atoms with Gasteiger partial charge in [0.15, 0.2) is 5.01 Å². The average Bonchev–Trinajstić information content (AvgIpc) is 3.52. The first-order valence-corrected chi connectivity index (χ1v) is 15.5. The maximum Gasteiger partial charge on any atom is 0.408 e. The van der Waals surface area contributed by atoms with Crippen LogP contribution in [-0.2, 0) is 25.7 Å². The lowest BCUT2D eigenvalue weighted by molar-refractivity contribution is -0.131. The second-order valence-electron chi connectivity index (χ2n) is 11.7. The minimum absolute atomic E-state index is 0.0244. The van der Waals surface area contributed by atoms with Crippen LogP contribution in [0.25, 0.3) is 0 Å². The summed E-state index contributed by atoms with van der Waals surface area (Å²) in [7, 11) is 0. The standard InChI is InChI=1S/C31H43N5O6S/c1-17(2)14-24(35-29(40)25(18(3)4)36-31(41)42-16-21-10-8-7-9-11-21)28(39)34-23(15-22-12-13-32-27(22)38)26(37)30-33-19(5)20(6)43-30/h7-11,17-18,22-25H,12-16H2,1-6H3,(H,32,38)(H,34,39)(H,35,40)(H,36,41)/t22-,23-,24-,25-/m1/s1. The normalized spacial score (nSPS) is 16.7. The zero-order chi connectivity index (χ0) is 31.7. The monoisotopic (exact) mass is 613 g/mol. The molecule has 0 bridgehead atoms. The molecule has 0 saturated carbocycles. The second-order valence-corrected chi connectivity index (χ2v) is 12.9. The third kappa shape index (κ3) is 9.87. The van der Waals surface area contributed by atoms with Gasteiger partial charge >= 0.3 is 6.09 Å². The fraction of sp³-hybridized carbons (Fsp3) is 0.548. The Morgan fingerprint density at radius 1 is 1.00 bits per heavy atom. The van der Waals surface area contributed by atoms with E-state index in [2.05, 4.69) is 26.3 Å². The van der Waals surface area contributed by atoms with Gasteiger partial charge < -0.3 is 26.0 Å². The van der Waals surface area contributed by atoms with E-state index in [9.17, 15) is 24.0 Å². The van der Waals surface area contributed by atoms with Gasteiger partial charge in [-0.1, -0.05) is 58.0 Å². The average molecular weight is 614 g/mol. The quantitative estimate of drug-likeness (QED) is 0.238. The van der Waals surface area contributed by atoms with Crippen molar-refractivity contribution in [2.45, 2.75) is 85.5 Å². The Morgan fingerprint density at radius 3 is 2.23 bits per heavy atom. The molecule has 0 spiro atoms. The van der Waals surface area contributed by atoms with Crippen LogP contribution in [0.15, 0.2) is 30.3 Å². The molecule has 4 atom stereocenters. The van der Waals surface area contributed by atoms with Crippen LogP contribution in [0.1, 0.15) is 72.9 Å². The molecule has 0 aliphatic carbocycles. The van der Waals surface area contributed by atoms with Crippen LogP contribution in [0, 0.1) is 31.6 Å². The Labute approximate surface area is 256 Å². The number of rotatable bonds is 14. The van der Waals surface area contributed by atoms with Crippen LogP contribution >= 0.6 is 11.3 Å². The van der Waals surface area contributed by atoms with E-state index in [1.54, 1.807) is 13.8 Å². The third-order valence-corrected chi connectivity index (χ3v) is 8.42. The number of carbonyl (C=O) groups is 5. The summed E-state index contributed by atoms with van der Waals surface area (Å²) < 4.78 is 5.29. The lowest BCUT2D eigenvalue weighted by atomic mass is 9.94. The number of aromatic nitrogens is 1. The van der Waals surface area contributed by atoms with Crippen molar-refractivity contribution in [1.82, 2.24) is 26.3 Å². The molecule has 1 fully saturated rings. The second kappa shape index (κ2) is 15.6. The van der Waals surface area contributed by atoms with Gasteiger partial charge in [-0.05, 0) is 50.5 Å². The van der Waals surface area contributed by atoms with Gasteiger partial charge in [0.05, 0.1) is 11.7 Å². The molecule has 234 valence electrons. The Hall–Kier alpha value is -3.80. The van der Waals surface area contributed by atoms with Crippen molar-refractivity contribution in [3.63, 3.8) is 0 Å². The van der Waals surface area contributed by atoms with E-state index in [1.165, 1.54) is 11.3 Å². The van der Waals surface area contributed by atoms with E-state index in [1.807, 2.05) is 58.0 Å². The summed E-state index contributed by atoms with van der Waals surface area (Å²) in [5.41, 5.74) is 1.54. The van der Waals surface area contributed by atoms with Gasteiger partial charge in [-0.3, -0.25) is 19.2 Å². The van der Waals surface area contributed by atoms with Crippen molar-refractivity contribution in [3.8, 4) is 0 Å². The van der Waals surface area contributed by atoms with E-state index in [0.717, 1.165) is 16.1 Å². The number of carbonyl (C=O) groups excluding carboxylic acids is 5. The summed E-state index contributed by atoms with van der Waals surface area (Å²) in [5.74, 6) is -2.32. The number of thiazole rings is 1. The first kappa shape index (κ1) is 33.7. The molecular formula is C31H43N5O6S. The summed E-state index contributed by atoms with van der Waals surface area (Å²) in [6.07, 6.45) is 0.223. The summed E-state index contributed by atoms with van der Waals surface area (Å²) >= 11 is 1.25. The van der Waals surface area contributed by atoms with Crippen molar-refractivity contribution in [2.75, 3.05) is 6.54 Å². The number of amides is 4. The number of alkyl carbamates (subject to hydrolysis) is 1. The number of nitrogens with zero attached hydrogens (tertiary/aromatic N) is 1. The van der Waals surface area contributed by atoms with E-state index < -0.39 is 42.0 Å². The highest BCUT2D eigenvalue weighted by molar-refractivity contribution is 7.13. The lowest BCUT2D eigenvalue weighted by Gasteiger charge is -2.27. The predicted octanol–water partition coefficient (Wildman–Crippen LogP) is 3.44. The minimum Gasteiger partial charge on any atom is -0.445 e. The first-order valence-electron chi connectivity index (χ1n) is 14.7. The maximum absolute atomic E-state index is 13.7. The van der Waals surface area contributed by atoms with Gasteiger partial charge in [0.2, 0.25) is 23.5 Å². The van der Waals surface area contributed by atoms with Crippen molar-refractivity contribution in [3.05, 3.63) is 51.5 Å². The van der Waals surface area contributed by atoms with Gasteiger partial charge in [-0.25, -0.2) is 9.78 Å². The number of aryl methyl sites for hydroxylation is 2. The van der Waals surface area contributed by atoms with Gasteiger partial charge in [0.25, 0.3) is 0 Å². The summed E-state index contributed by atoms with van der Waals surface area (Å²) in [6, 6.07) is 6.23. The highest BCUT2D eigenvalue weighted by Gasteiger charge is 2.36. The van der Waals surface area contributed by atoms with Crippen LogP contribution in [0.4, 0.5) is 4.79 Å². The molecule has 43 heavy (non-hydrogen) atoms. The van der Waals surface area contributed by atoms with Crippen LogP contribution in [0.2, 0.25) is 0 Å². The highest BCUT2D eigenvalue weighted by Crippen LogP contribution is 2.23. The molecule has 1 saturated heterocycles. The zero-order valence-electron chi connectivity index (χ0n) is 25.7. The van der Waals surface area contributed by atoms with Crippen molar-refractivity contribution < 1.29 is 28.7 Å². The molecule has 4 N–H and O–H groups in total. The van der Waals surface area contributed by atoms with Crippen LogP contribution in [-0.4, -0.2) is 59.3 Å². The fourth-order valence-electron chi connectivity index (χ4n) is 4.78. The molecule has 11 nitrogen and oxygen atoms in total. The summed E-state index contributed by atoms with van der Waals surface area (Å²) in [4.78, 5) is 70.7. The van der Waals surface area contributed by atoms with E-state index in [0.29, 0.717) is 19.4 Å². The molecule has 12 heteroatoms. The summed E-state index contributed by atoms with van der Waals surface area (Å²) in [6.45, 7) is 11.6. The number of nitrogens with one attached hydrogen (secondary N) is 4. The molecule has 1 aliphatic rings. The smallest absolute Gasteiger partial charge is 0.408 e. The topological polar surface area (TPSA) is 156 Å². The molecular weight excluding hydrogens is 570 g/mol. The first-order chi connectivity index (χ1) is 20.3. The van der Waals surface area contributed by atoms with Crippen LogP contribution in [0.5, 0.6) is 0 Å². The SMILES string of the molecule is Cc1nc(C(=O)[C@@H](C[C@H]2CCNC2=O)NC(=O)[C@@H](CC(C)C)NC(=O)[C@H](NC(=O)OCc2ccccc2)C(C)C)sc1C. The van der Waals surface area contributed by atoms with E-state index in [-0.39, 0.29) is 41.6 Å². The maximum atomic E-state index is 13.7. The highest BCUT2D eigenvalue weighted by atomic mass is 32.1. The van der Waals surface area contributed by atoms with Crippen molar-refractivity contribution in [2.24, 2.45) is 17.8 Å². The molecule has 2 aromatic rings. The molecule has 0 unspecified atom stereocenters. The number of ether oxygens (including phenoxy) is 1. The van der Waals surface area contributed by atoms with Crippen LogP contribution in [0.3, 0.4) is 0 Å². The predicted molar refractivity (Wildman–Crippen MR) is 163 cm³/mol. The number of Topliss-reactive ketones (excluding diaryl/α,β-unsaturated/α-hetero) is 1. The third-order valence-electron chi connectivity index (χ3n) is 7.33. The van der Waals surface area contributed by atoms with Gasteiger partial charge in [-0.2, -0.15) is 0 Å². The Balaban J connectivity index is 1.73. The van der Waals surface area contributed by atoms with E-state index >= 15 is 0 Å². The van der Waals surface area contributed by atoms with Gasteiger partial charge in [0, 0.05) is 17.3 Å². The van der Waals surface area contributed by atoms with Gasteiger partial charge in [0.1, 0.15) is 18.7 Å². The van der Waals surface area contributed by atoms with E-state index in [4.69, 9.17) is 4.74 Å². The Morgan fingerprint density at radius 2 is 1.67 bits per heavy atom. The molecule has 2 heterocycles. The largest absolute Gasteiger partial charge is 0.445 e. The number of hydrogen-bond donors (Lipinski definition) is 4. The molecule has 3 rings (SSSR count). The molecule has 1 aromatic heterocycles. The minimum atomic E-state index is -0.996. The number of benzene rings is 1. The molecule has 1 aliphatic heterocycles. The Bertz CT molecular complexity index is 1280. The van der Waals surface area contributed by atoms with Crippen LogP contribution < -0.4 is 21.3 Å². The zero-order valence-corrected chi connectivity index (χ0v) is 26.5. The summed E-state index contributed by atoms with van der Waals surface area (Å²) in [5, 5.41) is 11.3. The fourth-order valence-corrected chi connectivity index (χ4v) is 5.69. The lowest BCUT2D eigenvalue weighted by Crippen LogP contribution is -2.57.